The summed E-state index contributed by atoms with van der Waals surface area (Å²) in [6.45, 7) is 3.54. The Kier molecular flexibility index (Phi) is 5.48. The average molecular weight is 381 g/mol. The van der Waals surface area contributed by atoms with Crippen LogP contribution in [0.5, 0.6) is 11.5 Å². The fourth-order valence-corrected chi connectivity index (χ4v) is 3.70. The molecule has 1 saturated carbocycles. The van der Waals surface area contributed by atoms with Crippen molar-refractivity contribution >= 4 is 5.91 Å². The molecule has 0 radical (unpaired) electrons. The minimum Gasteiger partial charge on any atom is -0.497 e. The lowest BCUT2D eigenvalue weighted by Crippen LogP contribution is -2.61. The van der Waals surface area contributed by atoms with Gasteiger partial charge in [-0.2, -0.15) is 0 Å². The molecule has 1 amide bonds. The van der Waals surface area contributed by atoms with E-state index in [0.29, 0.717) is 23.1 Å². The molecular weight excluding hydrogens is 354 g/mol. The van der Waals surface area contributed by atoms with Crippen molar-refractivity contribution in [3.05, 3.63) is 53.9 Å². The van der Waals surface area contributed by atoms with Crippen LogP contribution in [0.15, 0.2) is 42.7 Å². The maximum Gasteiger partial charge on any atom is 0.257 e. The van der Waals surface area contributed by atoms with E-state index in [-0.39, 0.29) is 5.91 Å². The van der Waals surface area contributed by atoms with Gasteiger partial charge < -0.3 is 14.4 Å². The van der Waals surface area contributed by atoms with Crippen LogP contribution in [-0.2, 0) is 6.54 Å². The van der Waals surface area contributed by atoms with Gasteiger partial charge in [-0.15, -0.1) is 0 Å². The van der Waals surface area contributed by atoms with E-state index in [0.717, 1.165) is 32.1 Å². The maximum absolute atomic E-state index is 12.9. The van der Waals surface area contributed by atoms with Crippen molar-refractivity contribution in [2.24, 2.45) is 5.92 Å². The highest BCUT2D eigenvalue weighted by molar-refractivity contribution is 5.97. The Morgan fingerprint density at radius 1 is 1.14 bits per heavy atom. The van der Waals surface area contributed by atoms with Gasteiger partial charge in [0.25, 0.3) is 5.91 Å². The number of aromatic nitrogens is 1. The summed E-state index contributed by atoms with van der Waals surface area (Å²) < 4.78 is 10.6. The zero-order valence-electron chi connectivity index (χ0n) is 16.5. The first-order valence-corrected chi connectivity index (χ1v) is 9.82. The van der Waals surface area contributed by atoms with Gasteiger partial charge in [0, 0.05) is 50.7 Å². The van der Waals surface area contributed by atoms with Crippen LogP contribution in [0, 0.1) is 5.92 Å². The number of methoxy groups -OCH3 is 2. The van der Waals surface area contributed by atoms with Crippen LogP contribution < -0.4 is 9.47 Å². The van der Waals surface area contributed by atoms with Crippen molar-refractivity contribution in [3.63, 3.8) is 0 Å². The van der Waals surface area contributed by atoms with Gasteiger partial charge in [-0.05, 0) is 48.6 Å². The summed E-state index contributed by atoms with van der Waals surface area (Å²) in [5.74, 6) is 2.07. The molecule has 0 unspecified atom stereocenters. The van der Waals surface area contributed by atoms with Crippen molar-refractivity contribution in [3.8, 4) is 11.5 Å². The first kappa shape index (κ1) is 18.7. The van der Waals surface area contributed by atoms with Crippen LogP contribution in [0.2, 0.25) is 0 Å². The highest BCUT2D eigenvalue weighted by Crippen LogP contribution is 2.33. The summed E-state index contributed by atoms with van der Waals surface area (Å²) in [6, 6.07) is 9.89. The Hall–Kier alpha value is -2.60. The van der Waals surface area contributed by atoms with Crippen molar-refractivity contribution < 1.29 is 14.3 Å². The molecule has 2 aliphatic rings. The second kappa shape index (κ2) is 8.19. The summed E-state index contributed by atoms with van der Waals surface area (Å²) in [7, 11) is 3.18. The molecule has 0 spiro atoms. The molecule has 1 aliphatic carbocycles. The SMILES string of the molecule is COc1ccc(C(=O)N2CC(N(Cc3ccncc3)CC3CC3)C2)c(OC)c1. The van der Waals surface area contributed by atoms with Crippen molar-refractivity contribution in [2.45, 2.75) is 25.4 Å². The quantitative estimate of drug-likeness (QED) is 0.704. The van der Waals surface area contributed by atoms with Gasteiger partial charge in [0.1, 0.15) is 11.5 Å². The normalized spacial score (nSPS) is 16.8. The number of amides is 1. The van der Waals surface area contributed by atoms with Gasteiger partial charge in [0.2, 0.25) is 0 Å². The van der Waals surface area contributed by atoms with Gasteiger partial charge in [-0.1, -0.05) is 0 Å². The number of likely N-dealkylation sites (tertiary alicyclic amines) is 1. The minimum atomic E-state index is 0.0195. The fraction of sp³-hybridized carbons (Fsp3) is 0.455. The van der Waals surface area contributed by atoms with Crippen LogP contribution in [0.4, 0.5) is 0 Å². The Morgan fingerprint density at radius 2 is 1.89 bits per heavy atom. The van der Waals surface area contributed by atoms with E-state index in [1.807, 2.05) is 17.3 Å². The lowest BCUT2D eigenvalue weighted by molar-refractivity contribution is 0.0217. The Balaban J connectivity index is 1.41. The van der Waals surface area contributed by atoms with E-state index in [2.05, 4.69) is 22.0 Å². The van der Waals surface area contributed by atoms with E-state index in [4.69, 9.17) is 9.47 Å². The molecule has 1 aromatic heterocycles. The summed E-state index contributed by atoms with van der Waals surface area (Å²) in [6.07, 6.45) is 6.34. The third kappa shape index (κ3) is 4.12. The van der Waals surface area contributed by atoms with Gasteiger partial charge in [-0.25, -0.2) is 0 Å². The van der Waals surface area contributed by atoms with Crippen molar-refractivity contribution in [2.75, 3.05) is 33.9 Å². The monoisotopic (exact) mass is 381 g/mol. The number of hydrogen-bond donors (Lipinski definition) is 0. The number of carbonyl (C=O) groups is 1. The number of pyridine rings is 1. The summed E-state index contributed by atoms with van der Waals surface area (Å²) in [5, 5.41) is 0. The highest BCUT2D eigenvalue weighted by Gasteiger charge is 2.38. The third-order valence-electron chi connectivity index (χ3n) is 5.63. The molecule has 6 heteroatoms. The number of rotatable bonds is 8. The molecule has 0 N–H and O–H groups in total. The van der Waals surface area contributed by atoms with E-state index in [1.54, 1.807) is 32.4 Å². The number of nitrogens with zero attached hydrogens (tertiary/aromatic N) is 3. The molecule has 2 aromatic rings. The maximum atomic E-state index is 12.9. The second-order valence-corrected chi connectivity index (χ2v) is 7.66. The largest absolute Gasteiger partial charge is 0.497 e. The molecule has 2 heterocycles. The lowest BCUT2D eigenvalue weighted by atomic mass is 10.0. The summed E-state index contributed by atoms with van der Waals surface area (Å²) >= 11 is 0. The molecule has 148 valence electrons. The molecule has 6 nitrogen and oxygen atoms in total. The lowest BCUT2D eigenvalue weighted by Gasteiger charge is -2.45. The first-order valence-electron chi connectivity index (χ1n) is 9.82. The van der Waals surface area contributed by atoms with Gasteiger partial charge in [0.05, 0.1) is 19.8 Å². The Labute approximate surface area is 166 Å². The topological polar surface area (TPSA) is 54.9 Å². The molecule has 2 fully saturated rings. The smallest absolute Gasteiger partial charge is 0.257 e. The van der Waals surface area contributed by atoms with Crippen LogP contribution in [0.1, 0.15) is 28.8 Å². The van der Waals surface area contributed by atoms with Crippen LogP contribution in [0.25, 0.3) is 0 Å². The van der Waals surface area contributed by atoms with E-state index in [9.17, 15) is 4.79 Å². The molecule has 0 atom stereocenters. The zero-order chi connectivity index (χ0) is 19.5. The molecule has 1 saturated heterocycles. The fourth-order valence-electron chi connectivity index (χ4n) is 3.70. The van der Waals surface area contributed by atoms with Crippen LogP contribution in [0.3, 0.4) is 0 Å². The van der Waals surface area contributed by atoms with Gasteiger partial charge in [-0.3, -0.25) is 14.7 Å². The predicted octanol–water partition coefficient (Wildman–Crippen LogP) is 2.84. The van der Waals surface area contributed by atoms with Crippen molar-refractivity contribution in [1.82, 2.24) is 14.8 Å². The standard InChI is InChI=1S/C22H27N3O3/c1-27-19-5-6-20(21(11-19)28-2)22(26)25-14-18(15-25)24(12-16-3-4-16)13-17-7-9-23-10-8-17/h5-11,16,18H,3-4,12-15H2,1-2H3. The molecule has 0 bridgehead atoms. The second-order valence-electron chi connectivity index (χ2n) is 7.66. The number of carbonyl (C=O) groups excluding carboxylic acids is 1. The average Bonchev–Trinajstić information content (AvgIpc) is 3.51. The molecular formula is C22H27N3O3. The molecule has 1 aromatic carbocycles. The highest BCUT2D eigenvalue weighted by atomic mass is 16.5. The minimum absolute atomic E-state index is 0.0195. The first-order chi connectivity index (χ1) is 13.7. The molecule has 4 rings (SSSR count). The number of ether oxygens (including phenoxy) is 2. The predicted molar refractivity (Wildman–Crippen MR) is 107 cm³/mol. The number of hydrogen-bond acceptors (Lipinski definition) is 5. The van der Waals surface area contributed by atoms with Crippen molar-refractivity contribution in [1.29, 1.82) is 0 Å². The van der Waals surface area contributed by atoms with E-state index in [1.165, 1.54) is 18.4 Å². The van der Waals surface area contributed by atoms with Crippen LogP contribution in [-0.4, -0.2) is 60.6 Å². The third-order valence-corrected chi connectivity index (χ3v) is 5.63. The number of benzene rings is 1. The molecule has 28 heavy (non-hydrogen) atoms. The summed E-state index contributed by atoms with van der Waals surface area (Å²) in [4.78, 5) is 21.5. The van der Waals surface area contributed by atoms with Crippen LogP contribution >= 0.6 is 0 Å². The van der Waals surface area contributed by atoms with Gasteiger partial charge in [0.15, 0.2) is 0 Å². The van der Waals surface area contributed by atoms with Gasteiger partial charge >= 0.3 is 0 Å². The Bertz CT molecular complexity index is 817. The zero-order valence-corrected chi connectivity index (χ0v) is 16.5. The summed E-state index contributed by atoms with van der Waals surface area (Å²) in [5.41, 5.74) is 1.86. The Morgan fingerprint density at radius 3 is 2.54 bits per heavy atom. The van der Waals surface area contributed by atoms with E-state index < -0.39 is 0 Å². The molecule has 1 aliphatic heterocycles. The van der Waals surface area contributed by atoms with E-state index >= 15 is 0 Å².